The van der Waals surface area contributed by atoms with E-state index in [0.717, 1.165) is 31.5 Å². The van der Waals surface area contributed by atoms with Crippen molar-refractivity contribution in [2.75, 3.05) is 13.1 Å². The number of carbonyl (C=O) groups excluding carboxylic acids is 1. The molecule has 1 saturated heterocycles. The summed E-state index contributed by atoms with van der Waals surface area (Å²) in [7, 11) is 0. The predicted octanol–water partition coefficient (Wildman–Crippen LogP) is 2.21. The molecule has 110 valence electrons. The molecule has 3 rings (SSSR count). The van der Waals surface area contributed by atoms with Crippen LogP contribution in [-0.2, 0) is 13.0 Å². The predicted molar refractivity (Wildman–Crippen MR) is 80.9 cm³/mol. The molecule has 2 N–H and O–H groups in total. The molecule has 1 atom stereocenters. The fourth-order valence-electron chi connectivity index (χ4n) is 2.93. The molecule has 2 aromatic rings. The van der Waals surface area contributed by atoms with Crippen LogP contribution in [0.5, 0.6) is 0 Å². The summed E-state index contributed by atoms with van der Waals surface area (Å²) < 4.78 is 0. The van der Waals surface area contributed by atoms with Gasteiger partial charge in [-0.25, -0.2) is 0 Å². The SMILES string of the molecule is O=C(c1ccc[nH]1)N1CC[C@@H](Cc2ccc(CO)cc2)C1. The fourth-order valence-corrected chi connectivity index (χ4v) is 2.93. The second-order valence-electron chi connectivity index (χ2n) is 5.67. The maximum Gasteiger partial charge on any atom is 0.270 e. The van der Waals surface area contributed by atoms with Gasteiger partial charge in [-0.2, -0.15) is 0 Å². The van der Waals surface area contributed by atoms with Crippen molar-refractivity contribution in [1.29, 1.82) is 0 Å². The standard InChI is InChI=1S/C17H20N2O2/c20-12-14-5-3-13(4-6-14)10-15-7-9-19(11-15)17(21)16-2-1-8-18-16/h1-6,8,15,18,20H,7,9-12H2/t15-/m0/s1. The Morgan fingerprint density at radius 3 is 2.67 bits per heavy atom. The first-order valence-electron chi connectivity index (χ1n) is 7.37. The molecule has 0 bridgehead atoms. The average molecular weight is 284 g/mol. The Hall–Kier alpha value is -2.07. The fraction of sp³-hybridized carbons (Fsp3) is 0.353. The summed E-state index contributed by atoms with van der Waals surface area (Å²) in [6, 6.07) is 11.7. The number of likely N-dealkylation sites (tertiary alicyclic amines) is 1. The Bertz CT molecular complexity index is 590. The molecular weight excluding hydrogens is 264 g/mol. The second kappa shape index (κ2) is 6.14. The number of nitrogens with zero attached hydrogens (tertiary/aromatic N) is 1. The number of aromatic nitrogens is 1. The third kappa shape index (κ3) is 3.16. The Morgan fingerprint density at radius 2 is 2.00 bits per heavy atom. The molecule has 4 nitrogen and oxygen atoms in total. The van der Waals surface area contributed by atoms with Crippen molar-refractivity contribution in [3.63, 3.8) is 0 Å². The molecule has 1 aliphatic rings. The van der Waals surface area contributed by atoms with Crippen molar-refractivity contribution in [2.45, 2.75) is 19.4 Å². The van der Waals surface area contributed by atoms with E-state index in [0.29, 0.717) is 11.6 Å². The zero-order chi connectivity index (χ0) is 14.7. The number of hydrogen-bond donors (Lipinski definition) is 2. The monoisotopic (exact) mass is 284 g/mol. The molecule has 0 unspecified atom stereocenters. The number of aliphatic hydroxyl groups is 1. The molecule has 0 saturated carbocycles. The smallest absolute Gasteiger partial charge is 0.270 e. The summed E-state index contributed by atoms with van der Waals surface area (Å²) in [5, 5.41) is 9.05. The number of carbonyl (C=O) groups is 1. The maximum atomic E-state index is 12.3. The molecule has 21 heavy (non-hydrogen) atoms. The van der Waals surface area contributed by atoms with Gasteiger partial charge in [-0.3, -0.25) is 4.79 Å². The van der Waals surface area contributed by atoms with Crippen LogP contribution < -0.4 is 0 Å². The largest absolute Gasteiger partial charge is 0.392 e. The van der Waals surface area contributed by atoms with Gasteiger partial charge in [0.25, 0.3) is 5.91 Å². The van der Waals surface area contributed by atoms with Gasteiger partial charge in [-0.15, -0.1) is 0 Å². The lowest BCUT2D eigenvalue weighted by atomic mass is 9.98. The van der Waals surface area contributed by atoms with Crippen LogP contribution in [0, 0.1) is 5.92 Å². The molecule has 0 spiro atoms. The van der Waals surface area contributed by atoms with Crippen molar-refractivity contribution < 1.29 is 9.90 Å². The molecular formula is C17H20N2O2. The van der Waals surface area contributed by atoms with E-state index in [1.807, 2.05) is 29.2 Å². The normalized spacial score (nSPS) is 18.1. The molecule has 1 aromatic heterocycles. The number of nitrogens with one attached hydrogen (secondary N) is 1. The summed E-state index contributed by atoms with van der Waals surface area (Å²) >= 11 is 0. The number of rotatable bonds is 4. The molecule has 0 aliphatic carbocycles. The zero-order valence-electron chi connectivity index (χ0n) is 12.0. The van der Waals surface area contributed by atoms with Gasteiger partial charge in [0.2, 0.25) is 0 Å². The number of aromatic amines is 1. The van der Waals surface area contributed by atoms with E-state index < -0.39 is 0 Å². The van der Waals surface area contributed by atoms with Gasteiger partial charge in [0, 0.05) is 19.3 Å². The van der Waals surface area contributed by atoms with Crippen LogP contribution >= 0.6 is 0 Å². The van der Waals surface area contributed by atoms with E-state index >= 15 is 0 Å². The number of benzene rings is 1. The van der Waals surface area contributed by atoms with E-state index in [1.54, 1.807) is 6.20 Å². The van der Waals surface area contributed by atoms with Crippen LogP contribution in [0.15, 0.2) is 42.6 Å². The van der Waals surface area contributed by atoms with Gasteiger partial charge >= 0.3 is 0 Å². The summed E-state index contributed by atoms with van der Waals surface area (Å²) in [6.45, 7) is 1.74. The van der Waals surface area contributed by atoms with Crippen LogP contribution in [0.1, 0.15) is 28.0 Å². The minimum atomic E-state index is 0.0855. The molecule has 1 fully saturated rings. The van der Waals surface area contributed by atoms with Crippen LogP contribution in [0.2, 0.25) is 0 Å². The van der Waals surface area contributed by atoms with Crippen LogP contribution in [-0.4, -0.2) is 34.0 Å². The quantitative estimate of drug-likeness (QED) is 0.904. The van der Waals surface area contributed by atoms with E-state index in [-0.39, 0.29) is 12.5 Å². The highest BCUT2D eigenvalue weighted by molar-refractivity contribution is 5.92. The second-order valence-corrected chi connectivity index (χ2v) is 5.67. The van der Waals surface area contributed by atoms with Crippen molar-refractivity contribution in [3.05, 3.63) is 59.4 Å². The summed E-state index contributed by atoms with van der Waals surface area (Å²) in [5.74, 6) is 0.613. The lowest BCUT2D eigenvalue weighted by molar-refractivity contribution is 0.0782. The van der Waals surface area contributed by atoms with Crippen molar-refractivity contribution in [2.24, 2.45) is 5.92 Å². The summed E-state index contributed by atoms with van der Waals surface area (Å²) in [4.78, 5) is 17.2. The van der Waals surface area contributed by atoms with E-state index in [1.165, 1.54) is 5.56 Å². The molecule has 1 amide bonds. The third-order valence-corrected chi connectivity index (χ3v) is 4.13. The Labute approximate surface area is 124 Å². The Kier molecular flexibility index (Phi) is 4.06. The third-order valence-electron chi connectivity index (χ3n) is 4.13. The lowest BCUT2D eigenvalue weighted by Crippen LogP contribution is -2.29. The minimum Gasteiger partial charge on any atom is -0.392 e. The first-order chi connectivity index (χ1) is 10.3. The summed E-state index contributed by atoms with van der Waals surface area (Å²) in [5.41, 5.74) is 2.88. The first-order valence-corrected chi connectivity index (χ1v) is 7.37. The number of hydrogen-bond acceptors (Lipinski definition) is 2. The van der Waals surface area contributed by atoms with E-state index in [4.69, 9.17) is 5.11 Å². The molecule has 2 heterocycles. The van der Waals surface area contributed by atoms with Crippen LogP contribution in [0.4, 0.5) is 0 Å². The van der Waals surface area contributed by atoms with Crippen molar-refractivity contribution in [3.8, 4) is 0 Å². The average Bonchev–Trinajstić information content (AvgIpc) is 3.19. The molecule has 0 radical (unpaired) electrons. The summed E-state index contributed by atoms with van der Waals surface area (Å²) in [6.07, 6.45) is 3.82. The number of amides is 1. The van der Waals surface area contributed by atoms with E-state index in [9.17, 15) is 4.79 Å². The topological polar surface area (TPSA) is 56.3 Å². The maximum absolute atomic E-state index is 12.3. The van der Waals surface area contributed by atoms with E-state index in [2.05, 4.69) is 17.1 Å². The van der Waals surface area contributed by atoms with Gasteiger partial charge in [-0.05, 0) is 42.0 Å². The lowest BCUT2D eigenvalue weighted by Gasteiger charge is -2.15. The number of H-pyrrole nitrogens is 1. The van der Waals surface area contributed by atoms with Gasteiger partial charge in [-0.1, -0.05) is 24.3 Å². The van der Waals surface area contributed by atoms with Crippen LogP contribution in [0.3, 0.4) is 0 Å². The molecule has 1 aromatic carbocycles. The molecule has 4 heteroatoms. The van der Waals surface area contributed by atoms with Crippen LogP contribution in [0.25, 0.3) is 0 Å². The minimum absolute atomic E-state index is 0.0855. The van der Waals surface area contributed by atoms with Crippen molar-refractivity contribution >= 4 is 5.91 Å². The highest BCUT2D eigenvalue weighted by Crippen LogP contribution is 2.22. The number of aliphatic hydroxyl groups excluding tert-OH is 1. The Morgan fingerprint density at radius 1 is 1.24 bits per heavy atom. The van der Waals surface area contributed by atoms with Gasteiger partial charge in [0.1, 0.15) is 5.69 Å². The highest BCUT2D eigenvalue weighted by Gasteiger charge is 2.27. The van der Waals surface area contributed by atoms with Gasteiger partial charge in [0.15, 0.2) is 0 Å². The Balaban J connectivity index is 1.58. The van der Waals surface area contributed by atoms with Gasteiger partial charge < -0.3 is 15.0 Å². The van der Waals surface area contributed by atoms with Crippen molar-refractivity contribution in [1.82, 2.24) is 9.88 Å². The zero-order valence-corrected chi connectivity index (χ0v) is 12.0. The molecule has 1 aliphatic heterocycles. The van der Waals surface area contributed by atoms with Gasteiger partial charge in [0.05, 0.1) is 6.61 Å². The first kappa shape index (κ1) is 13.9. The highest BCUT2D eigenvalue weighted by atomic mass is 16.3.